The molecule has 2 fully saturated rings. The molecule has 12 nitrogen and oxygen atoms in total. The van der Waals surface area contributed by atoms with Crippen LogP contribution in [0.5, 0.6) is 5.75 Å². The Morgan fingerprint density at radius 3 is 2.21 bits per heavy atom. The third kappa shape index (κ3) is 9.94. The molecular formula is C31H47N5O7. The van der Waals surface area contributed by atoms with Crippen LogP contribution in [0.15, 0.2) is 24.3 Å². The van der Waals surface area contributed by atoms with E-state index in [1.165, 1.54) is 4.90 Å². The summed E-state index contributed by atoms with van der Waals surface area (Å²) in [6.45, 7) is 9.46. The summed E-state index contributed by atoms with van der Waals surface area (Å²) in [6, 6.07) is 3.71. The Bertz CT molecular complexity index is 1130. The van der Waals surface area contributed by atoms with Gasteiger partial charge in [-0.2, -0.15) is 0 Å². The van der Waals surface area contributed by atoms with Gasteiger partial charge in [0.05, 0.1) is 13.7 Å². The van der Waals surface area contributed by atoms with Gasteiger partial charge in [-0.25, -0.2) is 0 Å². The van der Waals surface area contributed by atoms with Crippen molar-refractivity contribution in [3.05, 3.63) is 29.8 Å². The van der Waals surface area contributed by atoms with E-state index in [0.717, 1.165) is 12.0 Å². The number of hydrogen-bond acceptors (Lipinski definition) is 7. The van der Waals surface area contributed by atoms with Crippen LogP contribution in [0.2, 0.25) is 0 Å². The summed E-state index contributed by atoms with van der Waals surface area (Å²) in [5.74, 6) is -1.75. The summed E-state index contributed by atoms with van der Waals surface area (Å²) < 4.78 is 10.8. The molecule has 12 heteroatoms. The summed E-state index contributed by atoms with van der Waals surface area (Å²) in [7, 11) is 1.56. The maximum Gasteiger partial charge on any atom is 0.252 e. The van der Waals surface area contributed by atoms with Crippen LogP contribution in [0.25, 0.3) is 0 Å². The minimum absolute atomic E-state index is 0.0452. The molecule has 0 unspecified atom stereocenters. The van der Waals surface area contributed by atoms with E-state index in [-0.39, 0.29) is 37.3 Å². The number of amides is 5. The zero-order chi connectivity index (χ0) is 31.7. The van der Waals surface area contributed by atoms with Crippen molar-refractivity contribution in [2.24, 2.45) is 11.8 Å². The molecule has 5 atom stereocenters. The molecular weight excluding hydrogens is 554 g/mol. The molecule has 3 rings (SSSR count). The predicted molar refractivity (Wildman–Crippen MR) is 160 cm³/mol. The molecule has 43 heavy (non-hydrogen) atoms. The molecule has 2 saturated heterocycles. The number of benzene rings is 1. The lowest BCUT2D eigenvalue weighted by Gasteiger charge is -2.32. The third-order valence-corrected chi connectivity index (χ3v) is 7.74. The molecule has 4 N–H and O–H groups in total. The van der Waals surface area contributed by atoms with Gasteiger partial charge >= 0.3 is 0 Å². The molecule has 2 aliphatic heterocycles. The first-order valence-electron chi connectivity index (χ1n) is 15.1. The zero-order valence-corrected chi connectivity index (χ0v) is 26.1. The molecule has 1 aromatic carbocycles. The van der Waals surface area contributed by atoms with Gasteiger partial charge in [-0.15, -0.1) is 0 Å². The summed E-state index contributed by atoms with van der Waals surface area (Å²) >= 11 is 0. The van der Waals surface area contributed by atoms with Gasteiger partial charge in [-0.3, -0.25) is 24.0 Å². The van der Waals surface area contributed by atoms with Crippen molar-refractivity contribution in [1.29, 1.82) is 0 Å². The van der Waals surface area contributed by atoms with Crippen molar-refractivity contribution in [3.63, 3.8) is 0 Å². The highest BCUT2D eigenvalue weighted by Gasteiger charge is 2.35. The Morgan fingerprint density at radius 1 is 0.953 bits per heavy atom. The quantitative estimate of drug-likeness (QED) is 0.362. The molecule has 238 valence electrons. The summed E-state index contributed by atoms with van der Waals surface area (Å²) in [5, 5.41) is 11.3. The van der Waals surface area contributed by atoms with E-state index in [9.17, 15) is 24.0 Å². The minimum Gasteiger partial charge on any atom is -0.497 e. The van der Waals surface area contributed by atoms with Crippen molar-refractivity contribution in [3.8, 4) is 5.75 Å². The first-order valence-corrected chi connectivity index (χ1v) is 15.1. The largest absolute Gasteiger partial charge is 0.497 e. The van der Waals surface area contributed by atoms with E-state index in [1.807, 2.05) is 27.7 Å². The molecule has 0 aromatic heterocycles. The second-order valence-electron chi connectivity index (χ2n) is 12.2. The summed E-state index contributed by atoms with van der Waals surface area (Å²) in [5.41, 5.74) is 0.767. The lowest BCUT2D eigenvalue weighted by Crippen LogP contribution is -2.57. The van der Waals surface area contributed by atoms with Gasteiger partial charge in [0, 0.05) is 25.6 Å². The van der Waals surface area contributed by atoms with Crippen molar-refractivity contribution in [2.75, 3.05) is 26.8 Å². The lowest BCUT2D eigenvalue weighted by molar-refractivity contribution is -0.145. The van der Waals surface area contributed by atoms with E-state index in [1.54, 1.807) is 38.3 Å². The SMILES string of the molecule is COc1ccc(C[C@@H]2NC(=O)[C@H](CC(C)C)NC(=O)CN(C(=O)[C@H]3CCCO3)C[C@H](C(C)C)NC(=O)[C@@H](C)NC2=O)cc1. The van der Waals surface area contributed by atoms with Gasteiger partial charge in [-0.05, 0) is 55.7 Å². The van der Waals surface area contributed by atoms with Crippen LogP contribution in [-0.2, 0) is 35.1 Å². The normalized spacial score (nSPS) is 26.2. The summed E-state index contributed by atoms with van der Waals surface area (Å²) in [4.78, 5) is 68.5. The number of rotatable bonds is 7. The topological polar surface area (TPSA) is 155 Å². The Hall–Kier alpha value is -3.67. The number of carbonyl (C=O) groups is 5. The molecule has 0 radical (unpaired) electrons. The highest BCUT2D eigenvalue weighted by Crippen LogP contribution is 2.17. The second-order valence-corrected chi connectivity index (χ2v) is 12.2. The highest BCUT2D eigenvalue weighted by molar-refractivity contribution is 5.95. The van der Waals surface area contributed by atoms with Crippen LogP contribution in [0.1, 0.15) is 59.4 Å². The van der Waals surface area contributed by atoms with Crippen LogP contribution in [0, 0.1) is 11.8 Å². The fourth-order valence-electron chi connectivity index (χ4n) is 5.15. The van der Waals surface area contributed by atoms with Gasteiger partial charge in [0.1, 0.15) is 30.0 Å². The molecule has 1 aromatic rings. The fraction of sp³-hybridized carbons (Fsp3) is 0.645. The summed E-state index contributed by atoms with van der Waals surface area (Å²) in [6.07, 6.45) is 1.10. The fourth-order valence-corrected chi connectivity index (χ4v) is 5.15. The van der Waals surface area contributed by atoms with E-state index >= 15 is 0 Å². The Balaban J connectivity index is 1.95. The molecule has 0 saturated carbocycles. The first kappa shape index (κ1) is 33.8. The van der Waals surface area contributed by atoms with Gasteiger partial charge < -0.3 is 35.6 Å². The standard InChI is InChI=1S/C31H47N5O7/c1-18(2)14-23-30(40)34-24(15-21-9-11-22(42-6)12-10-21)29(39)32-20(5)28(38)35-25(19(3)4)16-36(17-27(37)33-23)31(41)26-8-7-13-43-26/h9-12,18-20,23-26H,7-8,13-17H2,1-6H3,(H,32,39)(H,33,37)(H,34,40)(H,35,38)/t20-,23+,24+,25-,26-/m1/s1. The minimum atomic E-state index is -1.02. The second kappa shape index (κ2) is 15.7. The van der Waals surface area contributed by atoms with Crippen molar-refractivity contribution in [2.45, 2.75) is 90.6 Å². The van der Waals surface area contributed by atoms with Crippen LogP contribution in [-0.4, -0.2) is 91.5 Å². The van der Waals surface area contributed by atoms with E-state index in [4.69, 9.17) is 9.47 Å². The zero-order valence-electron chi connectivity index (χ0n) is 26.1. The predicted octanol–water partition coefficient (Wildman–Crippen LogP) is 0.920. The Kier molecular flexibility index (Phi) is 12.4. The molecule has 0 aliphatic carbocycles. The molecule has 5 amide bonds. The lowest BCUT2D eigenvalue weighted by atomic mass is 10.0. The van der Waals surface area contributed by atoms with Crippen LogP contribution < -0.4 is 26.0 Å². The number of hydrogen-bond donors (Lipinski definition) is 4. The van der Waals surface area contributed by atoms with Crippen molar-refractivity contribution >= 4 is 29.5 Å². The Labute approximate surface area is 254 Å². The molecule has 0 bridgehead atoms. The third-order valence-electron chi connectivity index (χ3n) is 7.74. The van der Waals surface area contributed by atoms with Gasteiger partial charge in [0.15, 0.2) is 0 Å². The number of ether oxygens (including phenoxy) is 2. The van der Waals surface area contributed by atoms with Crippen LogP contribution in [0.3, 0.4) is 0 Å². The number of nitrogens with one attached hydrogen (secondary N) is 4. The monoisotopic (exact) mass is 601 g/mol. The number of nitrogens with zero attached hydrogens (tertiary/aromatic N) is 1. The maximum absolute atomic E-state index is 13.6. The highest BCUT2D eigenvalue weighted by atomic mass is 16.5. The molecule has 2 aliphatic rings. The maximum atomic E-state index is 13.6. The van der Waals surface area contributed by atoms with E-state index < -0.39 is 53.9 Å². The molecule has 0 spiro atoms. The number of methoxy groups -OCH3 is 1. The van der Waals surface area contributed by atoms with Crippen LogP contribution >= 0.6 is 0 Å². The smallest absolute Gasteiger partial charge is 0.252 e. The van der Waals surface area contributed by atoms with Gasteiger partial charge in [0.25, 0.3) is 5.91 Å². The van der Waals surface area contributed by atoms with Gasteiger partial charge in [-0.1, -0.05) is 39.8 Å². The Morgan fingerprint density at radius 2 is 1.63 bits per heavy atom. The first-order chi connectivity index (χ1) is 20.4. The van der Waals surface area contributed by atoms with E-state index in [0.29, 0.717) is 25.2 Å². The average molecular weight is 602 g/mol. The van der Waals surface area contributed by atoms with E-state index in [2.05, 4.69) is 21.3 Å². The molecule has 2 heterocycles. The average Bonchev–Trinajstić information content (AvgIpc) is 3.49. The van der Waals surface area contributed by atoms with Crippen LogP contribution in [0.4, 0.5) is 0 Å². The van der Waals surface area contributed by atoms with Gasteiger partial charge in [0.2, 0.25) is 23.6 Å². The van der Waals surface area contributed by atoms with Crippen molar-refractivity contribution < 1.29 is 33.4 Å². The number of carbonyl (C=O) groups excluding carboxylic acids is 5. The van der Waals surface area contributed by atoms with Crippen molar-refractivity contribution in [1.82, 2.24) is 26.2 Å².